The Hall–Kier alpha value is -1.17. The Morgan fingerprint density at radius 1 is 1.47 bits per heavy atom. The van der Waals surface area contributed by atoms with Crippen LogP contribution in [-0.2, 0) is 4.74 Å². The van der Waals surface area contributed by atoms with Gasteiger partial charge in [0.05, 0.1) is 24.9 Å². The molecule has 0 saturated carbocycles. The predicted octanol–water partition coefficient (Wildman–Crippen LogP) is 1.46. The molecule has 1 aliphatic heterocycles. The van der Waals surface area contributed by atoms with E-state index in [9.17, 15) is 14.6 Å². The van der Waals surface area contributed by atoms with Crippen LogP contribution in [0.3, 0.4) is 0 Å². The van der Waals surface area contributed by atoms with Crippen molar-refractivity contribution < 1.29 is 19.3 Å². The molecule has 1 aromatic rings. The molecule has 19 heavy (non-hydrogen) atoms. The second-order valence-corrected chi connectivity index (χ2v) is 5.00. The summed E-state index contributed by atoms with van der Waals surface area (Å²) in [5.41, 5.74) is 0.969. The molecule has 0 radical (unpaired) electrons. The average molecular weight is 269 g/mol. The van der Waals surface area contributed by atoms with Crippen LogP contribution in [-0.4, -0.2) is 42.1 Å². The standard InChI is InChI=1S/C14H20FNO3/c1-9-6-16(7-11(8-17)19-9)13-5-3-4-12(15)14(13)10(2)18/h3-5,9-11,17-18H,6-8H2,1-2H3/t9?,10-,11?/m0/s1. The zero-order chi connectivity index (χ0) is 14.0. The third kappa shape index (κ3) is 3.05. The normalized spacial score (nSPS) is 25.4. The molecule has 5 heteroatoms. The maximum atomic E-state index is 13.9. The molecule has 2 rings (SSSR count). The van der Waals surface area contributed by atoms with Crippen molar-refractivity contribution >= 4 is 5.69 Å². The van der Waals surface area contributed by atoms with Gasteiger partial charge in [-0.25, -0.2) is 4.39 Å². The van der Waals surface area contributed by atoms with Gasteiger partial charge in [0.2, 0.25) is 0 Å². The molecule has 1 heterocycles. The SMILES string of the molecule is CC1CN(c2cccc(F)c2[C@H](C)O)CC(CO)O1. The summed E-state index contributed by atoms with van der Waals surface area (Å²) in [6, 6.07) is 4.77. The maximum absolute atomic E-state index is 13.9. The van der Waals surface area contributed by atoms with Gasteiger partial charge >= 0.3 is 0 Å². The Bertz CT molecular complexity index is 439. The predicted molar refractivity (Wildman–Crippen MR) is 70.7 cm³/mol. The number of hydrogen-bond donors (Lipinski definition) is 2. The molecular weight excluding hydrogens is 249 g/mol. The van der Waals surface area contributed by atoms with Crippen LogP contribution >= 0.6 is 0 Å². The molecule has 0 amide bonds. The highest BCUT2D eigenvalue weighted by molar-refractivity contribution is 5.55. The van der Waals surface area contributed by atoms with E-state index in [4.69, 9.17) is 4.74 Å². The first-order valence-corrected chi connectivity index (χ1v) is 6.50. The van der Waals surface area contributed by atoms with E-state index >= 15 is 0 Å². The topological polar surface area (TPSA) is 52.9 Å². The van der Waals surface area contributed by atoms with E-state index in [-0.39, 0.29) is 18.8 Å². The third-order valence-corrected chi connectivity index (χ3v) is 3.32. The van der Waals surface area contributed by atoms with Crippen molar-refractivity contribution in [2.24, 2.45) is 0 Å². The van der Waals surface area contributed by atoms with Crippen LogP contribution in [0.5, 0.6) is 0 Å². The second kappa shape index (κ2) is 5.86. The third-order valence-electron chi connectivity index (χ3n) is 3.32. The van der Waals surface area contributed by atoms with Crippen molar-refractivity contribution in [3.8, 4) is 0 Å². The highest BCUT2D eigenvalue weighted by Gasteiger charge is 2.27. The summed E-state index contributed by atoms with van der Waals surface area (Å²) in [5, 5.41) is 19.0. The monoisotopic (exact) mass is 269 g/mol. The highest BCUT2D eigenvalue weighted by atomic mass is 19.1. The number of anilines is 1. The van der Waals surface area contributed by atoms with Gasteiger partial charge in [-0.3, -0.25) is 0 Å². The van der Waals surface area contributed by atoms with Crippen LogP contribution in [0.2, 0.25) is 0 Å². The minimum Gasteiger partial charge on any atom is -0.394 e. The van der Waals surface area contributed by atoms with E-state index in [1.807, 2.05) is 11.8 Å². The van der Waals surface area contributed by atoms with Crippen molar-refractivity contribution in [3.63, 3.8) is 0 Å². The number of aliphatic hydroxyl groups excluding tert-OH is 2. The molecule has 0 spiro atoms. The number of ether oxygens (including phenoxy) is 1. The molecule has 4 nitrogen and oxygen atoms in total. The summed E-state index contributed by atoms with van der Waals surface area (Å²) in [7, 11) is 0. The van der Waals surface area contributed by atoms with E-state index in [0.717, 1.165) is 0 Å². The van der Waals surface area contributed by atoms with Crippen molar-refractivity contribution in [2.45, 2.75) is 32.2 Å². The first-order chi connectivity index (χ1) is 9.02. The summed E-state index contributed by atoms with van der Waals surface area (Å²) in [6.45, 7) is 4.50. The van der Waals surface area contributed by atoms with Crippen LogP contribution in [0, 0.1) is 5.82 Å². The zero-order valence-electron chi connectivity index (χ0n) is 11.2. The quantitative estimate of drug-likeness (QED) is 0.872. The second-order valence-electron chi connectivity index (χ2n) is 5.00. The van der Waals surface area contributed by atoms with E-state index in [1.54, 1.807) is 19.1 Å². The number of halogens is 1. The molecule has 0 aliphatic carbocycles. The fourth-order valence-corrected chi connectivity index (χ4v) is 2.56. The summed E-state index contributed by atoms with van der Waals surface area (Å²) < 4.78 is 19.4. The van der Waals surface area contributed by atoms with Gasteiger partial charge in [0, 0.05) is 24.3 Å². The first kappa shape index (κ1) is 14.2. The summed E-state index contributed by atoms with van der Waals surface area (Å²) in [4.78, 5) is 1.96. The number of aliphatic hydroxyl groups is 2. The lowest BCUT2D eigenvalue weighted by atomic mass is 10.0. The lowest BCUT2D eigenvalue weighted by Crippen LogP contribution is -2.48. The molecule has 1 fully saturated rings. The molecular formula is C14H20FNO3. The summed E-state index contributed by atoms with van der Waals surface area (Å²) in [5.74, 6) is -0.410. The minimum absolute atomic E-state index is 0.0454. The zero-order valence-corrected chi connectivity index (χ0v) is 11.2. The van der Waals surface area contributed by atoms with Crippen LogP contribution in [0.4, 0.5) is 10.1 Å². The van der Waals surface area contributed by atoms with Crippen LogP contribution in [0.1, 0.15) is 25.5 Å². The summed E-state index contributed by atoms with van der Waals surface area (Å²) >= 11 is 0. The molecule has 2 unspecified atom stereocenters. The average Bonchev–Trinajstić information content (AvgIpc) is 2.37. The van der Waals surface area contributed by atoms with E-state index in [0.29, 0.717) is 24.3 Å². The molecule has 1 aromatic carbocycles. The molecule has 0 aromatic heterocycles. The number of rotatable bonds is 3. The van der Waals surface area contributed by atoms with Crippen molar-refractivity contribution in [1.29, 1.82) is 0 Å². The lowest BCUT2D eigenvalue weighted by molar-refractivity contribution is -0.0422. The fraction of sp³-hybridized carbons (Fsp3) is 0.571. The van der Waals surface area contributed by atoms with E-state index in [1.165, 1.54) is 6.07 Å². The van der Waals surface area contributed by atoms with Gasteiger partial charge in [0.15, 0.2) is 0 Å². The Balaban J connectivity index is 2.33. The smallest absolute Gasteiger partial charge is 0.131 e. The van der Waals surface area contributed by atoms with Gasteiger partial charge in [0.1, 0.15) is 5.82 Å². The van der Waals surface area contributed by atoms with Crippen molar-refractivity contribution in [3.05, 3.63) is 29.6 Å². The number of morpholine rings is 1. The fourth-order valence-electron chi connectivity index (χ4n) is 2.56. The van der Waals surface area contributed by atoms with Crippen LogP contribution in [0.25, 0.3) is 0 Å². The van der Waals surface area contributed by atoms with Crippen LogP contribution < -0.4 is 4.90 Å². The lowest BCUT2D eigenvalue weighted by Gasteiger charge is -2.38. The highest BCUT2D eigenvalue weighted by Crippen LogP contribution is 2.30. The number of hydrogen-bond acceptors (Lipinski definition) is 4. The number of nitrogens with zero attached hydrogens (tertiary/aromatic N) is 1. The maximum Gasteiger partial charge on any atom is 0.131 e. The van der Waals surface area contributed by atoms with Crippen LogP contribution in [0.15, 0.2) is 18.2 Å². The Morgan fingerprint density at radius 2 is 2.21 bits per heavy atom. The van der Waals surface area contributed by atoms with Crippen molar-refractivity contribution in [2.75, 3.05) is 24.6 Å². The molecule has 1 aliphatic rings. The van der Waals surface area contributed by atoms with Gasteiger partial charge in [-0.05, 0) is 26.0 Å². The molecule has 106 valence electrons. The Morgan fingerprint density at radius 3 is 2.84 bits per heavy atom. The number of benzene rings is 1. The van der Waals surface area contributed by atoms with Gasteiger partial charge in [-0.15, -0.1) is 0 Å². The minimum atomic E-state index is -0.873. The summed E-state index contributed by atoms with van der Waals surface area (Å²) in [6.07, 6.45) is -1.20. The first-order valence-electron chi connectivity index (χ1n) is 6.50. The van der Waals surface area contributed by atoms with Gasteiger partial charge < -0.3 is 19.8 Å². The van der Waals surface area contributed by atoms with E-state index in [2.05, 4.69) is 0 Å². The Kier molecular flexibility index (Phi) is 4.39. The van der Waals surface area contributed by atoms with Gasteiger partial charge in [-0.1, -0.05) is 6.07 Å². The van der Waals surface area contributed by atoms with Gasteiger partial charge in [-0.2, -0.15) is 0 Å². The molecule has 0 bridgehead atoms. The largest absolute Gasteiger partial charge is 0.394 e. The molecule has 3 atom stereocenters. The van der Waals surface area contributed by atoms with Crippen molar-refractivity contribution in [1.82, 2.24) is 0 Å². The molecule has 2 N–H and O–H groups in total. The Labute approximate surface area is 112 Å². The van der Waals surface area contributed by atoms with E-state index < -0.39 is 11.9 Å². The molecule has 1 saturated heterocycles. The van der Waals surface area contributed by atoms with Gasteiger partial charge in [0.25, 0.3) is 0 Å².